The number of rotatable bonds is 2. The molecule has 0 saturated carbocycles. The maximum absolute atomic E-state index is 11.8. The maximum atomic E-state index is 11.8. The molecule has 0 bridgehead atoms. The van der Waals surface area contributed by atoms with E-state index in [0.29, 0.717) is 4.31 Å². The Kier molecular flexibility index (Phi) is 2.24. The molecule has 2 rings (SSSR count). The Morgan fingerprint density at radius 2 is 1.93 bits per heavy atom. The number of carbonyl (C=O) groups is 1. The third-order valence-electron chi connectivity index (χ3n) is 2.22. The van der Waals surface area contributed by atoms with Gasteiger partial charge in [0.2, 0.25) is 0 Å². The van der Waals surface area contributed by atoms with E-state index >= 15 is 0 Å². The number of hydrogen-bond acceptors (Lipinski definition) is 4. The molecule has 0 spiro atoms. The summed E-state index contributed by atoms with van der Waals surface area (Å²) in [5.74, 6) is -0.570. The summed E-state index contributed by atoms with van der Waals surface area (Å²) in [7, 11) is -3.73. The van der Waals surface area contributed by atoms with Gasteiger partial charge in [-0.2, -0.15) is 0 Å². The number of carbonyl (C=O) groups excluding carboxylic acids is 1. The van der Waals surface area contributed by atoms with Crippen LogP contribution >= 0.6 is 0 Å². The van der Waals surface area contributed by atoms with Crippen molar-refractivity contribution < 1.29 is 18.3 Å². The molecule has 0 atom stereocenters. The number of benzene rings is 1. The first kappa shape index (κ1) is 10.1. The molecule has 1 N–H and O–H groups in total. The summed E-state index contributed by atoms with van der Waals surface area (Å²) in [6.45, 7) is -0.575. The van der Waals surface area contributed by atoms with Crippen molar-refractivity contribution in [3.63, 3.8) is 0 Å². The molecule has 1 heterocycles. The van der Waals surface area contributed by atoms with Gasteiger partial charge in [-0.1, -0.05) is 12.1 Å². The lowest BCUT2D eigenvalue weighted by atomic mass is 10.2. The number of fused-ring (bicyclic) bond motifs is 1. The highest BCUT2D eigenvalue weighted by Crippen LogP contribution is 2.29. The van der Waals surface area contributed by atoms with Crippen LogP contribution in [0.5, 0.6) is 0 Å². The Labute approximate surface area is 87.0 Å². The van der Waals surface area contributed by atoms with Crippen LogP contribution in [0.3, 0.4) is 0 Å². The summed E-state index contributed by atoms with van der Waals surface area (Å²) in [4.78, 5) is 11.7. The minimum absolute atomic E-state index is 0.0171. The Hall–Kier alpha value is -1.40. The first-order valence-corrected chi connectivity index (χ1v) is 5.80. The number of amides is 1. The zero-order chi connectivity index (χ0) is 11.1. The van der Waals surface area contributed by atoms with Crippen LogP contribution in [-0.4, -0.2) is 36.9 Å². The SMILES string of the molecule is O=C1c2ccccc2S(=O)(=O)N1CCO. The van der Waals surface area contributed by atoms with Crippen molar-refractivity contribution in [1.82, 2.24) is 4.31 Å². The van der Waals surface area contributed by atoms with Crippen LogP contribution in [0.25, 0.3) is 0 Å². The molecule has 0 radical (unpaired) electrons. The summed E-state index contributed by atoms with van der Waals surface area (Å²) in [5.41, 5.74) is 0.172. The van der Waals surface area contributed by atoms with Gasteiger partial charge in [-0.25, -0.2) is 12.7 Å². The Balaban J connectivity index is 2.60. The lowest BCUT2D eigenvalue weighted by Crippen LogP contribution is -2.32. The number of nitrogens with zero attached hydrogens (tertiary/aromatic N) is 1. The van der Waals surface area contributed by atoms with Gasteiger partial charge in [0.1, 0.15) is 4.90 Å². The van der Waals surface area contributed by atoms with Crippen molar-refractivity contribution in [2.24, 2.45) is 0 Å². The van der Waals surface area contributed by atoms with Crippen LogP contribution in [0.15, 0.2) is 29.2 Å². The summed E-state index contributed by atoms with van der Waals surface area (Å²) in [5, 5.41) is 8.70. The average Bonchev–Trinajstić information content (AvgIpc) is 2.41. The molecular formula is C9H9NO4S. The van der Waals surface area contributed by atoms with E-state index in [9.17, 15) is 13.2 Å². The normalized spacial score (nSPS) is 17.9. The van der Waals surface area contributed by atoms with Crippen molar-refractivity contribution in [3.8, 4) is 0 Å². The van der Waals surface area contributed by atoms with E-state index in [2.05, 4.69) is 0 Å². The fourth-order valence-electron chi connectivity index (χ4n) is 1.54. The van der Waals surface area contributed by atoms with Crippen molar-refractivity contribution in [2.45, 2.75) is 4.90 Å². The van der Waals surface area contributed by atoms with Crippen LogP contribution in [0, 0.1) is 0 Å². The number of hydrogen-bond donors (Lipinski definition) is 1. The lowest BCUT2D eigenvalue weighted by Gasteiger charge is -2.12. The number of sulfonamides is 1. The third kappa shape index (κ3) is 1.33. The minimum Gasteiger partial charge on any atom is -0.394 e. The fourth-order valence-corrected chi connectivity index (χ4v) is 3.10. The van der Waals surface area contributed by atoms with Gasteiger partial charge in [-0.15, -0.1) is 0 Å². The second-order valence-electron chi connectivity index (χ2n) is 3.10. The summed E-state index contributed by atoms with van der Waals surface area (Å²) in [6, 6.07) is 6.02. The number of β-amino-alcohol motifs (C(OH)–C–C–N with tert-alkyl or cyclic N) is 1. The van der Waals surface area contributed by atoms with Crippen molar-refractivity contribution >= 4 is 15.9 Å². The van der Waals surface area contributed by atoms with Crippen LogP contribution in [0.1, 0.15) is 10.4 Å². The van der Waals surface area contributed by atoms with Crippen molar-refractivity contribution in [3.05, 3.63) is 29.8 Å². The quantitative estimate of drug-likeness (QED) is 0.760. The van der Waals surface area contributed by atoms with Gasteiger partial charge in [0.15, 0.2) is 0 Å². The summed E-state index contributed by atoms with van der Waals surface area (Å²) in [6.07, 6.45) is 0. The first-order valence-electron chi connectivity index (χ1n) is 4.36. The first-order chi connectivity index (χ1) is 7.09. The van der Waals surface area contributed by atoms with E-state index in [-0.39, 0.29) is 23.6 Å². The molecule has 1 aromatic rings. The van der Waals surface area contributed by atoms with Gasteiger partial charge in [-0.3, -0.25) is 4.79 Å². The van der Waals surface area contributed by atoms with E-state index in [4.69, 9.17) is 5.11 Å². The zero-order valence-electron chi connectivity index (χ0n) is 7.75. The summed E-state index contributed by atoms with van der Waals surface area (Å²) >= 11 is 0. The molecule has 1 aliphatic heterocycles. The highest BCUT2D eigenvalue weighted by atomic mass is 32.2. The summed E-state index contributed by atoms with van der Waals surface area (Å²) < 4.78 is 24.2. The van der Waals surface area contributed by atoms with Gasteiger partial charge in [0, 0.05) is 0 Å². The highest BCUT2D eigenvalue weighted by Gasteiger charge is 2.40. The molecule has 0 saturated heterocycles. The molecule has 6 heteroatoms. The molecule has 5 nitrogen and oxygen atoms in total. The van der Waals surface area contributed by atoms with Crippen molar-refractivity contribution in [2.75, 3.05) is 13.2 Å². The smallest absolute Gasteiger partial charge is 0.269 e. The molecule has 0 aliphatic carbocycles. The predicted molar refractivity (Wildman–Crippen MR) is 51.8 cm³/mol. The average molecular weight is 227 g/mol. The van der Waals surface area contributed by atoms with Crippen LogP contribution in [0.2, 0.25) is 0 Å². The molecule has 1 amide bonds. The van der Waals surface area contributed by atoms with E-state index in [1.807, 2.05) is 0 Å². The van der Waals surface area contributed by atoms with Crippen molar-refractivity contribution in [1.29, 1.82) is 0 Å². The van der Waals surface area contributed by atoms with Gasteiger partial charge in [0.25, 0.3) is 15.9 Å². The van der Waals surface area contributed by atoms with Gasteiger partial charge >= 0.3 is 0 Å². The highest BCUT2D eigenvalue weighted by molar-refractivity contribution is 7.90. The molecular weight excluding hydrogens is 218 g/mol. The molecule has 0 fully saturated rings. The molecule has 0 aromatic heterocycles. The second kappa shape index (κ2) is 3.32. The fraction of sp³-hybridized carbons (Fsp3) is 0.222. The Morgan fingerprint density at radius 1 is 1.27 bits per heavy atom. The van der Waals surface area contributed by atoms with Crippen LogP contribution in [-0.2, 0) is 10.0 Å². The van der Waals surface area contributed by atoms with E-state index in [1.54, 1.807) is 12.1 Å². The van der Waals surface area contributed by atoms with Gasteiger partial charge in [0.05, 0.1) is 18.7 Å². The third-order valence-corrected chi connectivity index (χ3v) is 4.06. The second-order valence-corrected chi connectivity index (χ2v) is 4.93. The minimum atomic E-state index is -3.73. The molecule has 1 aromatic carbocycles. The van der Waals surface area contributed by atoms with E-state index in [0.717, 1.165) is 0 Å². The largest absolute Gasteiger partial charge is 0.394 e. The van der Waals surface area contributed by atoms with E-state index in [1.165, 1.54) is 12.1 Å². The van der Waals surface area contributed by atoms with E-state index < -0.39 is 15.9 Å². The number of aliphatic hydroxyl groups is 1. The molecule has 0 unspecified atom stereocenters. The van der Waals surface area contributed by atoms with Crippen LogP contribution < -0.4 is 0 Å². The Morgan fingerprint density at radius 3 is 2.53 bits per heavy atom. The topological polar surface area (TPSA) is 74.7 Å². The Bertz CT molecular complexity index is 509. The van der Waals surface area contributed by atoms with Gasteiger partial charge in [-0.05, 0) is 12.1 Å². The standard InChI is InChI=1S/C9H9NO4S/c11-6-5-10-9(12)7-3-1-2-4-8(7)15(10,13)14/h1-4,11H,5-6H2. The van der Waals surface area contributed by atoms with Gasteiger partial charge < -0.3 is 5.11 Å². The lowest BCUT2D eigenvalue weighted by molar-refractivity contribution is 0.0852. The molecule has 15 heavy (non-hydrogen) atoms. The van der Waals surface area contributed by atoms with Crippen LogP contribution in [0.4, 0.5) is 0 Å². The number of aliphatic hydroxyl groups excluding tert-OH is 1. The predicted octanol–water partition coefficient (Wildman–Crippen LogP) is -0.177. The maximum Gasteiger partial charge on any atom is 0.269 e. The zero-order valence-corrected chi connectivity index (χ0v) is 8.57. The molecule has 1 aliphatic rings. The monoisotopic (exact) mass is 227 g/mol. The molecule has 80 valence electrons.